The van der Waals surface area contributed by atoms with Crippen molar-refractivity contribution in [3.63, 3.8) is 0 Å². The van der Waals surface area contributed by atoms with E-state index in [-0.39, 0.29) is 6.42 Å². The van der Waals surface area contributed by atoms with Crippen LogP contribution in [-0.2, 0) is 0 Å². The maximum atomic E-state index is 11.7. The molecule has 3 heteroatoms. The Balaban J connectivity index is 2.25. The Labute approximate surface area is 75.0 Å². The van der Waals surface area contributed by atoms with Crippen LogP contribution in [0, 0.1) is 0 Å². The van der Waals surface area contributed by atoms with Crippen LogP contribution >= 0.6 is 11.8 Å². The summed E-state index contributed by atoms with van der Waals surface area (Å²) < 4.78 is 23.4. The zero-order chi connectivity index (χ0) is 8.81. The Morgan fingerprint density at radius 2 is 1.83 bits per heavy atom. The van der Waals surface area contributed by atoms with E-state index in [1.165, 1.54) is 11.8 Å². The highest BCUT2D eigenvalue weighted by atomic mass is 32.2. The first-order valence-electron chi connectivity index (χ1n) is 3.75. The van der Waals surface area contributed by atoms with E-state index in [4.69, 9.17) is 0 Å². The van der Waals surface area contributed by atoms with Crippen LogP contribution in [0.15, 0.2) is 35.2 Å². The average molecular weight is 188 g/mol. The van der Waals surface area contributed by atoms with Crippen molar-refractivity contribution in [1.82, 2.24) is 0 Å². The van der Waals surface area contributed by atoms with Gasteiger partial charge in [0.05, 0.1) is 0 Å². The third-order valence-electron chi connectivity index (χ3n) is 1.35. The van der Waals surface area contributed by atoms with Gasteiger partial charge in [-0.05, 0) is 12.1 Å². The van der Waals surface area contributed by atoms with Crippen LogP contribution in [0.25, 0.3) is 0 Å². The minimum absolute atomic E-state index is 0.0282. The van der Waals surface area contributed by atoms with Crippen LogP contribution in [0.1, 0.15) is 6.42 Å². The molecule has 0 nitrogen and oxygen atoms in total. The Hall–Kier alpha value is -0.570. The van der Waals surface area contributed by atoms with E-state index in [0.29, 0.717) is 5.75 Å². The SMILES string of the molecule is FC(F)CCSc1ccccc1. The third-order valence-corrected chi connectivity index (χ3v) is 2.39. The highest BCUT2D eigenvalue weighted by Crippen LogP contribution is 2.19. The maximum absolute atomic E-state index is 11.7. The van der Waals surface area contributed by atoms with E-state index >= 15 is 0 Å². The molecular formula is C9H10F2S. The van der Waals surface area contributed by atoms with Gasteiger partial charge in [-0.3, -0.25) is 0 Å². The molecule has 0 bridgehead atoms. The Morgan fingerprint density at radius 3 is 2.42 bits per heavy atom. The number of rotatable bonds is 4. The minimum atomic E-state index is -2.18. The van der Waals surface area contributed by atoms with Crippen molar-refractivity contribution in [1.29, 1.82) is 0 Å². The van der Waals surface area contributed by atoms with Crippen LogP contribution in [-0.4, -0.2) is 12.2 Å². The van der Waals surface area contributed by atoms with Crippen molar-refractivity contribution in [2.24, 2.45) is 0 Å². The number of hydrogen-bond acceptors (Lipinski definition) is 1. The zero-order valence-electron chi connectivity index (χ0n) is 6.54. The second kappa shape index (κ2) is 5.14. The molecule has 0 aliphatic rings. The lowest BCUT2D eigenvalue weighted by atomic mass is 10.4. The van der Waals surface area contributed by atoms with E-state index in [1.54, 1.807) is 0 Å². The first-order valence-corrected chi connectivity index (χ1v) is 4.73. The van der Waals surface area contributed by atoms with Gasteiger partial charge in [0.1, 0.15) is 0 Å². The van der Waals surface area contributed by atoms with Crippen molar-refractivity contribution in [3.8, 4) is 0 Å². The molecule has 1 rings (SSSR count). The molecule has 0 saturated carbocycles. The molecule has 0 unspecified atom stereocenters. The number of thioether (sulfide) groups is 1. The summed E-state index contributed by atoms with van der Waals surface area (Å²) in [6.07, 6.45) is -2.21. The van der Waals surface area contributed by atoms with Crippen molar-refractivity contribution in [3.05, 3.63) is 30.3 Å². The molecule has 1 aromatic rings. The van der Waals surface area contributed by atoms with E-state index in [9.17, 15) is 8.78 Å². The number of halogens is 2. The second-order valence-corrected chi connectivity index (χ2v) is 3.51. The van der Waals surface area contributed by atoms with Gasteiger partial charge in [0, 0.05) is 17.1 Å². The summed E-state index contributed by atoms with van der Waals surface area (Å²) in [6, 6.07) is 9.58. The Bertz CT molecular complexity index is 211. The first kappa shape index (κ1) is 9.52. The molecule has 1 aromatic carbocycles. The van der Waals surface area contributed by atoms with Crippen molar-refractivity contribution < 1.29 is 8.78 Å². The molecule has 66 valence electrons. The molecule has 0 aliphatic heterocycles. The lowest BCUT2D eigenvalue weighted by Crippen LogP contribution is -1.91. The first-order chi connectivity index (χ1) is 5.79. The highest BCUT2D eigenvalue weighted by Gasteiger charge is 2.01. The molecule has 0 radical (unpaired) electrons. The molecule has 0 atom stereocenters. The molecule has 0 spiro atoms. The Morgan fingerprint density at radius 1 is 1.17 bits per heavy atom. The smallest absolute Gasteiger partial charge is 0.211 e. The predicted octanol–water partition coefficient (Wildman–Crippen LogP) is 3.43. The summed E-state index contributed by atoms with van der Waals surface area (Å²) in [4.78, 5) is 1.05. The standard InChI is InChI=1S/C9H10F2S/c10-9(11)6-7-12-8-4-2-1-3-5-8/h1-5,9H,6-7H2. The van der Waals surface area contributed by atoms with Gasteiger partial charge in [-0.15, -0.1) is 11.8 Å². The largest absolute Gasteiger partial charge is 0.239 e. The molecule has 0 fully saturated rings. The van der Waals surface area contributed by atoms with Gasteiger partial charge in [-0.25, -0.2) is 8.78 Å². The number of hydrogen-bond donors (Lipinski definition) is 0. The molecule has 0 saturated heterocycles. The second-order valence-electron chi connectivity index (χ2n) is 2.34. The molecule has 0 aromatic heterocycles. The van der Waals surface area contributed by atoms with Crippen molar-refractivity contribution in [2.75, 3.05) is 5.75 Å². The van der Waals surface area contributed by atoms with Crippen LogP contribution in [0.5, 0.6) is 0 Å². The highest BCUT2D eigenvalue weighted by molar-refractivity contribution is 7.99. The summed E-state index contributed by atoms with van der Waals surface area (Å²) in [7, 11) is 0. The topological polar surface area (TPSA) is 0 Å². The lowest BCUT2D eigenvalue weighted by molar-refractivity contribution is 0.145. The van der Waals surface area contributed by atoms with Gasteiger partial charge in [0.15, 0.2) is 0 Å². The molecule has 0 heterocycles. The maximum Gasteiger partial charge on any atom is 0.239 e. The fourth-order valence-electron chi connectivity index (χ4n) is 0.783. The molecule has 0 aliphatic carbocycles. The Kier molecular flexibility index (Phi) is 4.08. The summed E-state index contributed by atoms with van der Waals surface area (Å²) in [6.45, 7) is 0. The molecular weight excluding hydrogens is 178 g/mol. The predicted molar refractivity (Wildman–Crippen MR) is 47.8 cm³/mol. The zero-order valence-corrected chi connectivity index (χ0v) is 7.36. The van der Waals surface area contributed by atoms with Crippen LogP contribution < -0.4 is 0 Å². The van der Waals surface area contributed by atoms with Gasteiger partial charge in [0.25, 0.3) is 0 Å². The van der Waals surface area contributed by atoms with Crippen LogP contribution in [0.2, 0.25) is 0 Å². The normalized spacial score (nSPS) is 10.6. The molecule has 0 N–H and O–H groups in total. The van der Waals surface area contributed by atoms with Crippen molar-refractivity contribution >= 4 is 11.8 Å². The third kappa shape index (κ3) is 3.72. The van der Waals surface area contributed by atoms with E-state index in [2.05, 4.69) is 0 Å². The van der Waals surface area contributed by atoms with Gasteiger partial charge in [-0.1, -0.05) is 18.2 Å². The lowest BCUT2D eigenvalue weighted by Gasteiger charge is -1.99. The minimum Gasteiger partial charge on any atom is -0.211 e. The van der Waals surface area contributed by atoms with E-state index in [0.717, 1.165) is 4.90 Å². The van der Waals surface area contributed by atoms with Crippen molar-refractivity contribution in [2.45, 2.75) is 17.7 Å². The van der Waals surface area contributed by atoms with Gasteiger partial charge in [0.2, 0.25) is 6.43 Å². The average Bonchev–Trinajstić information content (AvgIpc) is 2.05. The van der Waals surface area contributed by atoms with Gasteiger partial charge in [-0.2, -0.15) is 0 Å². The summed E-state index contributed by atoms with van der Waals surface area (Å²) in [5.74, 6) is 0.488. The van der Waals surface area contributed by atoms with Crippen LogP contribution in [0.3, 0.4) is 0 Å². The summed E-state index contributed by atoms with van der Waals surface area (Å²) >= 11 is 1.47. The van der Waals surface area contributed by atoms with Crippen LogP contribution in [0.4, 0.5) is 8.78 Å². The van der Waals surface area contributed by atoms with Gasteiger partial charge < -0.3 is 0 Å². The fraction of sp³-hybridized carbons (Fsp3) is 0.333. The monoisotopic (exact) mass is 188 g/mol. The number of benzene rings is 1. The quantitative estimate of drug-likeness (QED) is 0.652. The summed E-state index contributed by atoms with van der Waals surface area (Å²) in [5, 5.41) is 0. The van der Waals surface area contributed by atoms with E-state index < -0.39 is 6.43 Å². The summed E-state index contributed by atoms with van der Waals surface area (Å²) in [5.41, 5.74) is 0. The number of alkyl halides is 2. The molecule has 0 amide bonds. The van der Waals surface area contributed by atoms with E-state index in [1.807, 2.05) is 30.3 Å². The van der Waals surface area contributed by atoms with Gasteiger partial charge >= 0.3 is 0 Å². The fourth-order valence-corrected chi connectivity index (χ4v) is 1.66. The molecule has 12 heavy (non-hydrogen) atoms.